The number of fused-ring (bicyclic) bond motifs is 2. The Labute approximate surface area is 179 Å². The van der Waals surface area contributed by atoms with Gasteiger partial charge in [0, 0.05) is 42.2 Å². The van der Waals surface area contributed by atoms with Crippen molar-refractivity contribution in [2.24, 2.45) is 7.05 Å². The molecule has 7 nitrogen and oxygen atoms in total. The summed E-state index contributed by atoms with van der Waals surface area (Å²) in [5, 5.41) is 4.11. The zero-order chi connectivity index (χ0) is 22.0. The fourth-order valence-corrected chi connectivity index (χ4v) is 5.87. The van der Waals surface area contributed by atoms with E-state index < -0.39 is 21.4 Å². The first-order valence-corrected chi connectivity index (χ1v) is 11.7. The Hall–Kier alpha value is -3.04. The monoisotopic (exact) mass is 440 g/mol. The molecule has 1 fully saturated rings. The summed E-state index contributed by atoms with van der Waals surface area (Å²) in [7, 11) is -1.78. The quantitative estimate of drug-likeness (QED) is 0.625. The normalized spacial score (nSPS) is 20.9. The zero-order valence-electron chi connectivity index (χ0n) is 17.1. The second-order valence-corrected chi connectivity index (χ2v) is 9.97. The molecule has 2 aliphatic rings. The molecule has 2 aliphatic heterocycles. The van der Waals surface area contributed by atoms with Gasteiger partial charge < -0.3 is 4.90 Å². The average molecular weight is 441 g/mol. The third-order valence-corrected chi connectivity index (χ3v) is 7.46. The highest BCUT2D eigenvalue weighted by Gasteiger charge is 2.62. The van der Waals surface area contributed by atoms with Gasteiger partial charge in [-0.25, -0.2) is 12.8 Å². The van der Waals surface area contributed by atoms with Gasteiger partial charge in [0.15, 0.2) is 0 Å². The first-order valence-electron chi connectivity index (χ1n) is 9.88. The van der Waals surface area contributed by atoms with Crippen LogP contribution in [0.1, 0.15) is 17.5 Å². The summed E-state index contributed by atoms with van der Waals surface area (Å²) in [6, 6.07) is 12.0. The largest absolute Gasteiger partial charge is 0.306 e. The van der Waals surface area contributed by atoms with Gasteiger partial charge in [-0.1, -0.05) is 30.3 Å². The number of carbonyl (C=O) groups excluding carboxylic acids is 1. The van der Waals surface area contributed by atoms with E-state index in [0.717, 1.165) is 11.8 Å². The highest BCUT2D eigenvalue weighted by atomic mass is 32.2. The van der Waals surface area contributed by atoms with Gasteiger partial charge in [0.2, 0.25) is 10.0 Å². The second kappa shape index (κ2) is 6.73. The summed E-state index contributed by atoms with van der Waals surface area (Å²) in [4.78, 5) is 15.0. The van der Waals surface area contributed by atoms with Crippen molar-refractivity contribution >= 4 is 21.6 Å². The Balaban J connectivity index is 1.51. The van der Waals surface area contributed by atoms with E-state index in [4.69, 9.17) is 0 Å². The van der Waals surface area contributed by atoms with Crippen LogP contribution in [0.25, 0.3) is 11.1 Å². The van der Waals surface area contributed by atoms with Crippen LogP contribution in [0.2, 0.25) is 0 Å². The fourth-order valence-electron chi connectivity index (χ4n) is 4.62. The van der Waals surface area contributed by atoms with Crippen LogP contribution in [0.5, 0.6) is 0 Å². The zero-order valence-corrected chi connectivity index (χ0v) is 17.9. The van der Waals surface area contributed by atoms with Crippen LogP contribution in [0.4, 0.5) is 10.1 Å². The molecule has 0 aliphatic carbocycles. The van der Waals surface area contributed by atoms with Crippen molar-refractivity contribution in [1.29, 1.82) is 0 Å². The Bertz CT molecular complexity index is 1320. The molecule has 160 valence electrons. The van der Waals surface area contributed by atoms with Gasteiger partial charge in [-0.2, -0.15) is 9.40 Å². The molecule has 1 saturated heterocycles. The van der Waals surface area contributed by atoms with Gasteiger partial charge in [-0.05, 0) is 24.1 Å². The number of rotatable bonds is 4. The third kappa shape index (κ3) is 2.91. The van der Waals surface area contributed by atoms with Crippen molar-refractivity contribution in [3.05, 3.63) is 71.8 Å². The van der Waals surface area contributed by atoms with E-state index in [1.54, 1.807) is 60.5 Å². The summed E-state index contributed by atoms with van der Waals surface area (Å²) >= 11 is 0. The molecular weight excluding hydrogens is 419 g/mol. The summed E-state index contributed by atoms with van der Waals surface area (Å²) in [5.41, 5.74) is 1.91. The van der Waals surface area contributed by atoms with Crippen molar-refractivity contribution in [2.45, 2.75) is 18.5 Å². The highest BCUT2D eigenvalue weighted by molar-refractivity contribution is 7.88. The predicted molar refractivity (Wildman–Crippen MR) is 114 cm³/mol. The number of sulfonamides is 1. The van der Waals surface area contributed by atoms with E-state index in [-0.39, 0.29) is 12.5 Å². The van der Waals surface area contributed by atoms with Crippen molar-refractivity contribution in [3.8, 4) is 11.1 Å². The number of para-hydroxylation sites is 1. The molecule has 1 aromatic heterocycles. The lowest BCUT2D eigenvalue weighted by atomic mass is 9.82. The molecular formula is C22H21FN4O3S. The van der Waals surface area contributed by atoms with Crippen molar-refractivity contribution in [1.82, 2.24) is 14.1 Å². The van der Waals surface area contributed by atoms with Gasteiger partial charge in [0.25, 0.3) is 5.91 Å². The average Bonchev–Trinajstić information content (AvgIpc) is 3.22. The minimum atomic E-state index is -3.57. The van der Waals surface area contributed by atoms with Crippen LogP contribution in [0, 0.1) is 5.82 Å². The molecule has 3 aromatic rings. The van der Waals surface area contributed by atoms with Crippen LogP contribution < -0.4 is 4.90 Å². The molecule has 0 saturated carbocycles. The Kier molecular flexibility index (Phi) is 4.32. The maximum absolute atomic E-state index is 15.0. The second-order valence-electron chi connectivity index (χ2n) is 8.06. The molecule has 1 atom stereocenters. The molecule has 5 rings (SSSR count). The number of benzene rings is 2. The van der Waals surface area contributed by atoms with Gasteiger partial charge >= 0.3 is 0 Å². The van der Waals surface area contributed by atoms with Gasteiger partial charge in [0.1, 0.15) is 11.4 Å². The number of amides is 1. The summed E-state index contributed by atoms with van der Waals surface area (Å²) in [6.45, 7) is 0.315. The van der Waals surface area contributed by atoms with E-state index in [0.29, 0.717) is 35.3 Å². The van der Waals surface area contributed by atoms with Crippen LogP contribution in [-0.4, -0.2) is 41.2 Å². The molecule has 9 heteroatoms. The maximum atomic E-state index is 15.0. The van der Waals surface area contributed by atoms with E-state index in [1.165, 1.54) is 15.3 Å². The summed E-state index contributed by atoms with van der Waals surface area (Å²) in [5.74, 6) is -0.762. The van der Waals surface area contributed by atoms with Crippen molar-refractivity contribution in [3.63, 3.8) is 0 Å². The standard InChI is InChI=1S/C22H21FN4O3S/c1-25-13-17(12-24-25)15-7-8-16(19(23)11-15)14-26-20-6-4-3-5-18(20)22(21(26)28)9-10-27(22)31(2,29)30/h3-8,11-13H,9-10,14H2,1-2H3. The van der Waals surface area contributed by atoms with E-state index in [2.05, 4.69) is 5.10 Å². The molecule has 1 spiro atoms. The lowest BCUT2D eigenvalue weighted by molar-refractivity contribution is -0.132. The number of aryl methyl sites for hydroxylation is 1. The van der Waals surface area contributed by atoms with Gasteiger partial charge in [-0.3, -0.25) is 9.48 Å². The Morgan fingerprint density at radius 2 is 1.94 bits per heavy atom. The smallest absolute Gasteiger partial charge is 0.253 e. The molecule has 0 radical (unpaired) electrons. The van der Waals surface area contributed by atoms with Crippen molar-refractivity contribution < 1.29 is 17.6 Å². The Morgan fingerprint density at radius 3 is 2.55 bits per heavy atom. The minimum absolute atomic E-state index is 0.0222. The number of aromatic nitrogens is 2. The molecule has 0 N–H and O–H groups in total. The number of carbonyl (C=O) groups is 1. The Morgan fingerprint density at radius 1 is 1.16 bits per heavy atom. The first kappa shape index (κ1) is 19.9. The number of halogens is 1. The SMILES string of the molecule is Cn1cc(-c2ccc(CN3C(=O)C4(CCN4S(C)(=O)=O)c4ccccc43)c(F)c2)cn1. The van der Waals surface area contributed by atoms with Gasteiger partial charge in [0.05, 0.1) is 19.0 Å². The molecule has 2 aromatic carbocycles. The number of hydrogen-bond acceptors (Lipinski definition) is 4. The van der Waals surface area contributed by atoms with Crippen molar-refractivity contribution in [2.75, 3.05) is 17.7 Å². The topological polar surface area (TPSA) is 75.5 Å². The minimum Gasteiger partial charge on any atom is -0.306 e. The molecule has 1 unspecified atom stereocenters. The summed E-state index contributed by atoms with van der Waals surface area (Å²) in [6.07, 6.45) is 4.99. The van der Waals surface area contributed by atoms with E-state index in [9.17, 15) is 17.6 Å². The van der Waals surface area contributed by atoms with E-state index in [1.807, 2.05) is 0 Å². The molecule has 1 amide bonds. The van der Waals surface area contributed by atoms with E-state index >= 15 is 0 Å². The predicted octanol–water partition coefficient (Wildman–Crippen LogP) is 2.63. The maximum Gasteiger partial charge on any atom is 0.253 e. The lowest BCUT2D eigenvalue weighted by Crippen LogP contribution is -2.63. The first-order chi connectivity index (χ1) is 14.7. The highest BCUT2D eigenvalue weighted by Crippen LogP contribution is 2.52. The van der Waals surface area contributed by atoms with Crippen LogP contribution >= 0.6 is 0 Å². The third-order valence-electron chi connectivity index (χ3n) is 6.16. The fraction of sp³-hybridized carbons (Fsp3) is 0.273. The lowest BCUT2D eigenvalue weighted by Gasteiger charge is -2.47. The summed E-state index contributed by atoms with van der Waals surface area (Å²) < 4.78 is 42.5. The molecule has 0 bridgehead atoms. The molecule has 3 heterocycles. The van der Waals surface area contributed by atoms with Crippen LogP contribution in [-0.2, 0) is 33.9 Å². The van der Waals surface area contributed by atoms with Gasteiger partial charge in [-0.15, -0.1) is 0 Å². The number of nitrogens with zero attached hydrogens (tertiary/aromatic N) is 4. The number of hydrogen-bond donors (Lipinski definition) is 0. The number of anilines is 1. The van der Waals surface area contributed by atoms with Crippen LogP contribution in [0.15, 0.2) is 54.9 Å². The van der Waals surface area contributed by atoms with Crippen LogP contribution in [0.3, 0.4) is 0 Å². The molecule has 31 heavy (non-hydrogen) atoms.